The maximum absolute atomic E-state index is 13.8. The Morgan fingerprint density at radius 2 is 2.24 bits per heavy atom. The summed E-state index contributed by atoms with van der Waals surface area (Å²) < 4.78 is 19.7. The molecule has 0 bridgehead atoms. The molecule has 1 aromatic carbocycles. The van der Waals surface area contributed by atoms with Crippen LogP contribution in [0.3, 0.4) is 0 Å². The highest BCUT2D eigenvalue weighted by Crippen LogP contribution is 2.25. The first-order valence-electron chi connectivity index (χ1n) is 8.22. The molecule has 0 spiro atoms. The molecule has 4 rings (SSSR count). The van der Waals surface area contributed by atoms with E-state index in [9.17, 15) is 9.18 Å². The van der Waals surface area contributed by atoms with Crippen molar-refractivity contribution >= 4 is 16.8 Å². The van der Waals surface area contributed by atoms with Crippen molar-refractivity contribution < 1.29 is 13.9 Å². The quantitative estimate of drug-likeness (QED) is 0.780. The highest BCUT2D eigenvalue weighted by molar-refractivity contribution is 5.98. The SMILES string of the molecule is Cc1cc([C@@H]2CN(C(=O)c3cc4cccc(F)c4[nH]3)CCO2)ccn1. The number of ether oxygens (including phenoxy) is 1. The number of amides is 1. The van der Waals surface area contributed by atoms with Crippen molar-refractivity contribution in [2.45, 2.75) is 13.0 Å². The summed E-state index contributed by atoms with van der Waals surface area (Å²) in [6.45, 7) is 3.36. The molecule has 2 aromatic heterocycles. The molecule has 25 heavy (non-hydrogen) atoms. The fourth-order valence-electron chi connectivity index (χ4n) is 3.21. The summed E-state index contributed by atoms with van der Waals surface area (Å²) in [4.78, 5) is 21.7. The number of carbonyl (C=O) groups excluding carboxylic acids is 1. The van der Waals surface area contributed by atoms with Crippen LogP contribution in [0.2, 0.25) is 0 Å². The van der Waals surface area contributed by atoms with Crippen molar-refractivity contribution in [1.29, 1.82) is 0 Å². The van der Waals surface area contributed by atoms with Crippen LogP contribution < -0.4 is 0 Å². The average molecular weight is 339 g/mol. The van der Waals surface area contributed by atoms with Crippen LogP contribution in [-0.2, 0) is 4.74 Å². The molecule has 128 valence electrons. The third kappa shape index (κ3) is 3.00. The Morgan fingerprint density at radius 3 is 3.04 bits per heavy atom. The molecule has 1 aliphatic rings. The second-order valence-corrected chi connectivity index (χ2v) is 6.23. The Labute approximate surface area is 144 Å². The van der Waals surface area contributed by atoms with Crippen molar-refractivity contribution in [2.75, 3.05) is 19.7 Å². The summed E-state index contributed by atoms with van der Waals surface area (Å²) in [5, 5.41) is 0.693. The summed E-state index contributed by atoms with van der Waals surface area (Å²) in [6.07, 6.45) is 1.57. The normalized spacial score (nSPS) is 17.8. The third-order valence-corrected chi connectivity index (χ3v) is 4.48. The van der Waals surface area contributed by atoms with Crippen LogP contribution in [0, 0.1) is 12.7 Å². The van der Waals surface area contributed by atoms with E-state index in [4.69, 9.17) is 4.74 Å². The van der Waals surface area contributed by atoms with Gasteiger partial charge < -0.3 is 14.6 Å². The van der Waals surface area contributed by atoms with Gasteiger partial charge in [-0.05, 0) is 36.8 Å². The average Bonchev–Trinajstić information content (AvgIpc) is 3.07. The Kier molecular flexibility index (Phi) is 3.97. The van der Waals surface area contributed by atoms with Gasteiger partial charge in [0.05, 0.1) is 18.7 Å². The number of fused-ring (bicyclic) bond motifs is 1. The van der Waals surface area contributed by atoms with Crippen LogP contribution in [0.4, 0.5) is 4.39 Å². The van der Waals surface area contributed by atoms with Gasteiger partial charge in [0.1, 0.15) is 17.6 Å². The molecule has 5 nitrogen and oxygen atoms in total. The maximum atomic E-state index is 13.8. The number of rotatable bonds is 2. The smallest absolute Gasteiger partial charge is 0.270 e. The minimum absolute atomic E-state index is 0.144. The van der Waals surface area contributed by atoms with Crippen molar-refractivity contribution in [3.63, 3.8) is 0 Å². The number of hydrogen-bond donors (Lipinski definition) is 1. The summed E-state index contributed by atoms with van der Waals surface area (Å²) >= 11 is 0. The zero-order chi connectivity index (χ0) is 17.4. The van der Waals surface area contributed by atoms with E-state index in [2.05, 4.69) is 9.97 Å². The molecule has 1 aliphatic heterocycles. The number of aryl methyl sites for hydroxylation is 1. The molecule has 0 unspecified atom stereocenters. The molecule has 3 heterocycles. The van der Waals surface area contributed by atoms with Gasteiger partial charge in [0.15, 0.2) is 0 Å². The molecule has 1 N–H and O–H groups in total. The number of H-pyrrole nitrogens is 1. The molecule has 3 aromatic rings. The molecule has 0 radical (unpaired) electrons. The number of nitrogens with zero attached hydrogens (tertiary/aromatic N) is 2. The summed E-state index contributed by atoms with van der Waals surface area (Å²) in [6, 6.07) is 10.4. The monoisotopic (exact) mass is 339 g/mol. The maximum Gasteiger partial charge on any atom is 0.270 e. The fourth-order valence-corrected chi connectivity index (χ4v) is 3.21. The number of nitrogens with one attached hydrogen (secondary N) is 1. The van der Waals surface area contributed by atoms with Crippen molar-refractivity contribution in [1.82, 2.24) is 14.9 Å². The first-order valence-corrected chi connectivity index (χ1v) is 8.22. The highest BCUT2D eigenvalue weighted by atomic mass is 19.1. The lowest BCUT2D eigenvalue weighted by Gasteiger charge is -2.33. The van der Waals surface area contributed by atoms with E-state index in [0.717, 1.165) is 11.3 Å². The van der Waals surface area contributed by atoms with Gasteiger partial charge in [0.2, 0.25) is 0 Å². The van der Waals surface area contributed by atoms with Crippen LogP contribution in [0.5, 0.6) is 0 Å². The van der Waals surface area contributed by atoms with Crippen molar-refractivity contribution in [3.05, 3.63) is 65.4 Å². The first kappa shape index (κ1) is 15.8. The van der Waals surface area contributed by atoms with Crippen LogP contribution in [-0.4, -0.2) is 40.5 Å². The second kappa shape index (κ2) is 6.29. The van der Waals surface area contributed by atoms with Crippen LogP contribution in [0.1, 0.15) is 27.8 Å². The lowest BCUT2D eigenvalue weighted by Crippen LogP contribution is -2.42. The van der Waals surface area contributed by atoms with Gasteiger partial charge in [-0.3, -0.25) is 9.78 Å². The zero-order valence-electron chi connectivity index (χ0n) is 13.8. The Balaban J connectivity index is 1.57. The minimum Gasteiger partial charge on any atom is -0.370 e. The summed E-state index contributed by atoms with van der Waals surface area (Å²) in [7, 11) is 0. The topological polar surface area (TPSA) is 58.2 Å². The van der Waals surface area contributed by atoms with E-state index in [1.807, 2.05) is 19.1 Å². The Morgan fingerprint density at radius 1 is 1.36 bits per heavy atom. The second-order valence-electron chi connectivity index (χ2n) is 6.23. The van der Waals surface area contributed by atoms with Gasteiger partial charge in [-0.15, -0.1) is 0 Å². The zero-order valence-corrected chi connectivity index (χ0v) is 13.8. The number of para-hydroxylation sites is 1. The minimum atomic E-state index is -0.358. The van der Waals surface area contributed by atoms with Gasteiger partial charge >= 0.3 is 0 Å². The number of morpholine rings is 1. The number of halogens is 1. The Bertz CT molecular complexity index is 937. The van der Waals surface area contributed by atoms with Crippen molar-refractivity contribution in [3.8, 4) is 0 Å². The van der Waals surface area contributed by atoms with Gasteiger partial charge in [-0.2, -0.15) is 0 Å². The van der Waals surface area contributed by atoms with E-state index in [0.29, 0.717) is 36.3 Å². The van der Waals surface area contributed by atoms with Crippen molar-refractivity contribution in [2.24, 2.45) is 0 Å². The molecule has 0 saturated carbocycles. The van der Waals surface area contributed by atoms with Gasteiger partial charge in [0, 0.05) is 23.8 Å². The van der Waals surface area contributed by atoms with E-state index >= 15 is 0 Å². The van der Waals surface area contributed by atoms with E-state index in [-0.39, 0.29) is 17.8 Å². The molecule has 1 amide bonds. The summed E-state index contributed by atoms with van der Waals surface area (Å²) in [5.74, 6) is -0.502. The molecule has 6 heteroatoms. The molecular weight excluding hydrogens is 321 g/mol. The van der Waals surface area contributed by atoms with Gasteiger partial charge in [0.25, 0.3) is 5.91 Å². The highest BCUT2D eigenvalue weighted by Gasteiger charge is 2.27. The van der Waals surface area contributed by atoms with Crippen LogP contribution in [0.25, 0.3) is 10.9 Å². The number of aromatic nitrogens is 2. The van der Waals surface area contributed by atoms with Gasteiger partial charge in [-0.1, -0.05) is 12.1 Å². The summed E-state index contributed by atoms with van der Waals surface area (Å²) in [5.41, 5.74) is 2.68. The lowest BCUT2D eigenvalue weighted by molar-refractivity contribution is -0.0230. The standard InChI is InChI=1S/C19H18FN3O2/c1-12-9-13(5-6-21-12)17-11-23(7-8-25-17)19(24)16-10-14-3-2-4-15(20)18(14)22-16/h2-6,9-10,17,22H,7-8,11H2,1H3/t17-/m0/s1. The lowest BCUT2D eigenvalue weighted by atomic mass is 10.1. The number of carbonyl (C=O) groups is 1. The number of benzene rings is 1. The van der Waals surface area contributed by atoms with Gasteiger partial charge in [-0.25, -0.2) is 4.39 Å². The predicted octanol–water partition coefficient (Wildman–Crippen LogP) is 3.22. The molecule has 0 aliphatic carbocycles. The first-order chi connectivity index (χ1) is 12.1. The van der Waals surface area contributed by atoms with E-state index in [1.165, 1.54) is 6.07 Å². The van der Waals surface area contributed by atoms with E-state index < -0.39 is 0 Å². The molecule has 1 fully saturated rings. The Hall–Kier alpha value is -2.73. The fraction of sp³-hybridized carbons (Fsp3) is 0.263. The molecule has 1 atom stereocenters. The third-order valence-electron chi connectivity index (χ3n) is 4.48. The number of aromatic amines is 1. The number of hydrogen-bond acceptors (Lipinski definition) is 3. The van der Waals surface area contributed by atoms with Crippen LogP contribution in [0.15, 0.2) is 42.6 Å². The number of pyridine rings is 1. The molecular formula is C19H18FN3O2. The van der Waals surface area contributed by atoms with Crippen LogP contribution >= 0.6 is 0 Å². The molecule has 1 saturated heterocycles. The predicted molar refractivity (Wildman–Crippen MR) is 91.8 cm³/mol. The largest absolute Gasteiger partial charge is 0.370 e. The van der Waals surface area contributed by atoms with E-state index in [1.54, 1.807) is 29.3 Å².